The van der Waals surface area contributed by atoms with Gasteiger partial charge in [0.25, 0.3) is 0 Å². The number of nitrogens with one attached hydrogen (secondary N) is 1. The highest BCUT2D eigenvalue weighted by atomic mass is 16.5. The molecule has 0 saturated carbocycles. The zero-order valence-corrected chi connectivity index (χ0v) is 13.3. The molecule has 0 aliphatic rings. The summed E-state index contributed by atoms with van der Waals surface area (Å²) in [5.74, 6) is -1.06. The van der Waals surface area contributed by atoms with Crippen LogP contribution in [0.1, 0.15) is 39.2 Å². The van der Waals surface area contributed by atoms with Gasteiger partial charge in [-0.1, -0.05) is 20.8 Å². The van der Waals surface area contributed by atoms with Gasteiger partial charge in [0.2, 0.25) is 5.91 Å². The summed E-state index contributed by atoms with van der Waals surface area (Å²) >= 11 is 0. The first-order valence-electron chi connectivity index (χ1n) is 6.98. The number of esters is 1. The Morgan fingerprint density at radius 1 is 1.38 bits per heavy atom. The maximum Gasteiger partial charge on any atom is 0.319 e. The summed E-state index contributed by atoms with van der Waals surface area (Å²) in [6.07, 6.45) is 1.64. The summed E-state index contributed by atoms with van der Waals surface area (Å²) in [6.45, 7) is 9.52. The summed E-state index contributed by atoms with van der Waals surface area (Å²) in [4.78, 5) is 32.5. The fourth-order valence-corrected chi connectivity index (χ4v) is 1.96. The van der Waals surface area contributed by atoms with Gasteiger partial charge in [0.15, 0.2) is 0 Å². The highest BCUT2D eigenvalue weighted by Crippen LogP contribution is 2.27. The highest BCUT2D eigenvalue weighted by Gasteiger charge is 2.38. The number of aryl methyl sites for hydroxylation is 1. The lowest BCUT2D eigenvalue weighted by Crippen LogP contribution is -2.43. The van der Waals surface area contributed by atoms with Crippen molar-refractivity contribution in [1.29, 1.82) is 0 Å². The van der Waals surface area contributed by atoms with Crippen LogP contribution in [-0.2, 0) is 20.9 Å². The van der Waals surface area contributed by atoms with Crippen LogP contribution in [0.4, 0.5) is 0 Å². The van der Waals surface area contributed by atoms with Crippen molar-refractivity contribution < 1.29 is 14.3 Å². The number of rotatable bonds is 5. The Balaban J connectivity index is 2.75. The summed E-state index contributed by atoms with van der Waals surface area (Å²) in [7, 11) is 0. The second kappa shape index (κ2) is 7.15. The predicted molar refractivity (Wildman–Crippen MR) is 78.2 cm³/mol. The van der Waals surface area contributed by atoms with E-state index in [4.69, 9.17) is 4.74 Å². The van der Waals surface area contributed by atoms with E-state index in [1.165, 1.54) is 0 Å². The van der Waals surface area contributed by atoms with Gasteiger partial charge in [0.05, 0.1) is 18.8 Å². The fraction of sp³-hybridized carbons (Fsp3) is 0.600. The number of carbonyl (C=O) groups is 2. The minimum atomic E-state index is -0.847. The van der Waals surface area contributed by atoms with Gasteiger partial charge in [-0.15, -0.1) is 0 Å². The molecule has 21 heavy (non-hydrogen) atoms. The molecule has 0 spiro atoms. The fourth-order valence-electron chi connectivity index (χ4n) is 1.96. The Hall–Kier alpha value is -1.98. The molecule has 1 heterocycles. The summed E-state index contributed by atoms with van der Waals surface area (Å²) in [5, 5.41) is 2.74. The van der Waals surface area contributed by atoms with Gasteiger partial charge >= 0.3 is 5.97 Å². The van der Waals surface area contributed by atoms with Crippen LogP contribution in [0.25, 0.3) is 0 Å². The van der Waals surface area contributed by atoms with E-state index < -0.39 is 17.3 Å². The third-order valence-electron chi connectivity index (χ3n) is 2.93. The van der Waals surface area contributed by atoms with Gasteiger partial charge in [-0.3, -0.25) is 9.59 Å². The molecule has 0 aromatic carbocycles. The van der Waals surface area contributed by atoms with Gasteiger partial charge in [-0.05, 0) is 25.3 Å². The van der Waals surface area contributed by atoms with E-state index in [1.807, 2.05) is 20.8 Å². The van der Waals surface area contributed by atoms with Crippen molar-refractivity contribution >= 4 is 11.9 Å². The van der Waals surface area contributed by atoms with Crippen molar-refractivity contribution in [2.24, 2.45) is 11.3 Å². The lowest BCUT2D eigenvalue weighted by Gasteiger charge is -2.27. The van der Waals surface area contributed by atoms with Crippen LogP contribution in [0.3, 0.4) is 0 Å². The first kappa shape index (κ1) is 17.1. The summed E-state index contributed by atoms with van der Waals surface area (Å²) in [6, 6.07) is 1.73. The van der Waals surface area contributed by atoms with Crippen molar-refractivity contribution in [2.75, 3.05) is 6.61 Å². The number of nitrogens with zero attached hydrogens (tertiary/aromatic N) is 2. The number of hydrogen-bond donors (Lipinski definition) is 1. The van der Waals surface area contributed by atoms with Gasteiger partial charge < -0.3 is 10.1 Å². The predicted octanol–water partition coefficient (Wildman–Crippen LogP) is 1.63. The Morgan fingerprint density at radius 3 is 2.57 bits per heavy atom. The summed E-state index contributed by atoms with van der Waals surface area (Å²) < 4.78 is 5.00. The minimum absolute atomic E-state index is 0.254. The molecule has 1 aromatic heterocycles. The average molecular weight is 293 g/mol. The first-order chi connectivity index (χ1) is 9.75. The Bertz CT molecular complexity index is 509. The van der Waals surface area contributed by atoms with E-state index in [0.717, 1.165) is 0 Å². The maximum absolute atomic E-state index is 12.3. The van der Waals surface area contributed by atoms with E-state index in [-0.39, 0.29) is 19.1 Å². The van der Waals surface area contributed by atoms with Gasteiger partial charge in [0.1, 0.15) is 11.7 Å². The molecule has 0 aliphatic carbocycles. The quantitative estimate of drug-likeness (QED) is 0.659. The van der Waals surface area contributed by atoms with E-state index in [9.17, 15) is 9.59 Å². The number of ether oxygens (including phenoxy) is 1. The second-order valence-electron chi connectivity index (χ2n) is 5.86. The molecule has 0 bridgehead atoms. The third-order valence-corrected chi connectivity index (χ3v) is 2.93. The second-order valence-corrected chi connectivity index (χ2v) is 5.86. The largest absolute Gasteiger partial charge is 0.465 e. The van der Waals surface area contributed by atoms with Crippen LogP contribution in [0, 0.1) is 18.3 Å². The van der Waals surface area contributed by atoms with Gasteiger partial charge in [0, 0.05) is 6.20 Å². The van der Waals surface area contributed by atoms with Crippen molar-refractivity contribution in [3.63, 3.8) is 0 Å². The molecule has 0 radical (unpaired) electrons. The smallest absolute Gasteiger partial charge is 0.319 e. The molecule has 0 fully saturated rings. The molecule has 6 heteroatoms. The van der Waals surface area contributed by atoms with Crippen LogP contribution < -0.4 is 5.32 Å². The monoisotopic (exact) mass is 293 g/mol. The van der Waals surface area contributed by atoms with Crippen molar-refractivity contribution in [3.05, 3.63) is 23.8 Å². The SMILES string of the molecule is CCOC(=O)C(C(=O)NCc1ccnc(C)n1)C(C)(C)C. The number of amides is 1. The van der Waals surface area contributed by atoms with E-state index in [1.54, 1.807) is 26.1 Å². The minimum Gasteiger partial charge on any atom is -0.465 e. The van der Waals surface area contributed by atoms with Crippen LogP contribution >= 0.6 is 0 Å². The molecule has 0 aliphatic heterocycles. The normalized spacial score (nSPS) is 12.6. The van der Waals surface area contributed by atoms with Gasteiger partial charge in [-0.25, -0.2) is 9.97 Å². The number of aromatic nitrogens is 2. The van der Waals surface area contributed by atoms with Crippen molar-refractivity contribution in [1.82, 2.24) is 15.3 Å². The average Bonchev–Trinajstić information content (AvgIpc) is 2.35. The van der Waals surface area contributed by atoms with Crippen LogP contribution in [0.2, 0.25) is 0 Å². The Labute approximate surface area is 125 Å². The molecule has 1 amide bonds. The van der Waals surface area contributed by atoms with Gasteiger partial charge in [-0.2, -0.15) is 0 Å². The van der Waals surface area contributed by atoms with Crippen LogP contribution in [-0.4, -0.2) is 28.5 Å². The van der Waals surface area contributed by atoms with E-state index in [0.29, 0.717) is 11.5 Å². The maximum atomic E-state index is 12.3. The molecule has 1 aromatic rings. The lowest BCUT2D eigenvalue weighted by atomic mass is 9.80. The van der Waals surface area contributed by atoms with Crippen molar-refractivity contribution in [2.45, 2.75) is 41.2 Å². The third kappa shape index (κ3) is 5.13. The van der Waals surface area contributed by atoms with E-state index >= 15 is 0 Å². The standard InChI is InChI=1S/C15H23N3O3/c1-6-21-14(20)12(15(3,4)5)13(19)17-9-11-7-8-16-10(2)18-11/h7-8,12H,6,9H2,1-5H3,(H,17,19). The Kier molecular flexibility index (Phi) is 5.81. The number of carbonyl (C=O) groups excluding carboxylic acids is 2. The molecule has 1 rings (SSSR count). The zero-order chi connectivity index (χ0) is 16.0. The van der Waals surface area contributed by atoms with Crippen LogP contribution in [0.15, 0.2) is 12.3 Å². The number of hydrogen-bond acceptors (Lipinski definition) is 5. The van der Waals surface area contributed by atoms with Crippen LogP contribution in [0.5, 0.6) is 0 Å². The zero-order valence-electron chi connectivity index (χ0n) is 13.3. The molecule has 6 nitrogen and oxygen atoms in total. The summed E-state index contributed by atoms with van der Waals surface area (Å²) in [5.41, 5.74) is 0.185. The highest BCUT2D eigenvalue weighted by molar-refractivity contribution is 5.98. The van der Waals surface area contributed by atoms with Crippen molar-refractivity contribution in [3.8, 4) is 0 Å². The topological polar surface area (TPSA) is 81.2 Å². The van der Waals surface area contributed by atoms with E-state index in [2.05, 4.69) is 15.3 Å². The molecule has 1 atom stereocenters. The molecule has 116 valence electrons. The molecule has 0 saturated heterocycles. The molecular weight excluding hydrogens is 270 g/mol. The molecule has 1 N–H and O–H groups in total. The first-order valence-corrected chi connectivity index (χ1v) is 6.98. The lowest BCUT2D eigenvalue weighted by molar-refractivity contribution is -0.156. The molecule has 1 unspecified atom stereocenters. The Morgan fingerprint density at radius 2 is 2.05 bits per heavy atom. The molecular formula is C15H23N3O3.